The average molecular weight is 349 g/mol. The topological polar surface area (TPSA) is 51.2 Å². The van der Waals surface area contributed by atoms with Crippen molar-refractivity contribution in [1.82, 2.24) is 4.98 Å². The number of carbonyl (C=O) groups is 1. The summed E-state index contributed by atoms with van der Waals surface area (Å²) in [4.78, 5) is 17.0. The SMILES string of the molecule is O=C(Nc1ccc2ccc(Cl)c(Cl)c2n1)[C@@H]1C[C@@H]2O[C@H]1[C@H]1C[C@H]12. The van der Waals surface area contributed by atoms with Gasteiger partial charge in [-0.25, -0.2) is 4.98 Å². The molecule has 1 N–H and O–H groups in total. The molecule has 2 aromatic rings. The van der Waals surface area contributed by atoms with Crippen molar-refractivity contribution in [3.63, 3.8) is 0 Å². The van der Waals surface area contributed by atoms with Gasteiger partial charge in [0.15, 0.2) is 0 Å². The van der Waals surface area contributed by atoms with Crippen molar-refractivity contribution < 1.29 is 9.53 Å². The standard InChI is InChI=1S/C17H14Cl2N2O2/c18-11-3-1-7-2-4-13(20-15(7)14(11)19)21-17(22)10-6-12-8-5-9(8)16(10)23-12/h1-4,8-10,12,16H,5-6H2,(H,20,21,22)/t8-,9+,10-,12+,16+/m1/s1. The van der Waals surface area contributed by atoms with Crippen LogP contribution in [0.5, 0.6) is 0 Å². The van der Waals surface area contributed by atoms with Crippen molar-refractivity contribution in [1.29, 1.82) is 0 Å². The minimum Gasteiger partial charge on any atom is -0.374 e. The fourth-order valence-electron chi connectivity index (χ4n) is 4.13. The summed E-state index contributed by atoms with van der Waals surface area (Å²) in [5, 5.41) is 4.67. The van der Waals surface area contributed by atoms with Crippen molar-refractivity contribution in [2.45, 2.75) is 25.0 Å². The first-order valence-electron chi connectivity index (χ1n) is 7.83. The Kier molecular flexibility index (Phi) is 2.94. The highest BCUT2D eigenvalue weighted by Crippen LogP contribution is 2.60. The number of fused-ring (bicyclic) bond motifs is 6. The number of hydrogen-bond donors (Lipinski definition) is 1. The molecule has 6 heteroatoms. The minimum absolute atomic E-state index is 0.00662. The minimum atomic E-state index is -0.0592. The third-order valence-electron chi connectivity index (χ3n) is 5.35. The second kappa shape index (κ2) is 4.82. The maximum Gasteiger partial charge on any atom is 0.231 e. The number of carbonyl (C=O) groups excluding carboxylic acids is 1. The van der Waals surface area contributed by atoms with Crippen LogP contribution < -0.4 is 5.32 Å². The predicted molar refractivity (Wildman–Crippen MR) is 88.8 cm³/mol. The van der Waals surface area contributed by atoms with Crippen LogP contribution in [-0.4, -0.2) is 23.1 Å². The molecule has 1 saturated carbocycles. The monoisotopic (exact) mass is 348 g/mol. The lowest BCUT2D eigenvalue weighted by molar-refractivity contribution is -0.121. The fraction of sp³-hybridized carbons (Fsp3) is 0.412. The number of nitrogens with one attached hydrogen (secondary N) is 1. The summed E-state index contributed by atoms with van der Waals surface area (Å²) < 4.78 is 5.89. The van der Waals surface area contributed by atoms with Gasteiger partial charge in [0.2, 0.25) is 5.91 Å². The highest BCUT2D eigenvalue weighted by molar-refractivity contribution is 6.45. The predicted octanol–water partition coefficient (Wildman–Crippen LogP) is 3.90. The highest BCUT2D eigenvalue weighted by Gasteiger charge is 2.64. The molecule has 0 spiro atoms. The molecule has 1 aromatic carbocycles. The molecule has 2 aliphatic heterocycles. The molecule has 1 aliphatic carbocycles. The molecule has 5 atom stereocenters. The smallest absolute Gasteiger partial charge is 0.231 e. The number of rotatable bonds is 2. The summed E-state index contributed by atoms with van der Waals surface area (Å²) in [6.07, 6.45) is 2.45. The molecule has 1 aromatic heterocycles. The number of amides is 1. The number of hydrogen-bond acceptors (Lipinski definition) is 3. The Hall–Kier alpha value is -1.36. The Morgan fingerprint density at radius 3 is 2.78 bits per heavy atom. The maximum absolute atomic E-state index is 12.6. The summed E-state index contributed by atoms with van der Waals surface area (Å²) in [6.45, 7) is 0. The highest BCUT2D eigenvalue weighted by atomic mass is 35.5. The summed E-state index contributed by atoms with van der Waals surface area (Å²) >= 11 is 12.2. The molecule has 118 valence electrons. The second-order valence-corrected chi connectivity index (χ2v) is 7.45. The zero-order valence-electron chi connectivity index (χ0n) is 12.1. The fourth-order valence-corrected chi connectivity index (χ4v) is 4.49. The van der Waals surface area contributed by atoms with Gasteiger partial charge in [0.05, 0.1) is 33.7 Å². The summed E-state index contributed by atoms with van der Waals surface area (Å²) in [7, 11) is 0. The molecule has 2 saturated heterocycles. The number of anilines is 1. The van der Waals surface area contributed by atoms with E-state index in [9.17, 15) is 4.79 Å². The van der Waals surface area contributed by atoms with Gasteiger partial charge in [-0.3, -0.25) is 4.79 Å². The van der Waals surface area contributed by atoms with Crippen molar-refractivity contribution in [2.24, 2.45) is 17.8 Å². The van der Waals surface area contributed by atoms with Gasteiger partial charge in [0.1, 0.15) is 5.82 Å². The summed E-state index contributed by atoms with van der Waals surface area (Å²) in [6, 6.07) is 7.27. The Balaban J connectivity index is 1.41. The number of pyridine rings is 1. The molecule has 3 fully saturated rings. The summed E-state index contributed by atoms with van der Waals surface area (Å²) in [5.74, 6) is 1.75. The molecule has 1 amide bonds. The lowest BCUT2D eigenvalue weighted by Gasteiger charge is -2.18. The largest absolute Gasteiger partial charge is 0.374 e. The molecule has 23 heavy (non-hydrogen) atoms. The molecule has 0 unspecified atom stereocenters. The van der Waals surface area contributed by atoms with Crippen LogP contribution in [0.2, 0.25) is 10.0 Å². The molecular weight excluding hydrogens is 335 g/mol. The Morgan fingerprint density at radius 1 is 1.17 bits per heavy atom. The van der Waals surface area contributed by atoms with Crippen molar-refractivity contribution >= 4 is 45.8 Å². The number of nitrogens with zero attached hydrogens (tertiary/aromatic N) is 1. The van der Waals surface area contributed by atoms with Gasteiger partial charge in [0, 0.05) is 5.39 Å². The Bertz CT molecular complexity index is 841. The van der Waals surface area contributed by atoms with Gasteiger partial charge in [-0.2, -0.15) is 0 Å². The van der Waals surface area contributed by atoms with E-state index in [1.165, 1.54) is 6.42 Å². The molecule has 2 bridgehead atoms. The maximum atomic E-state index is 12.6. The van der Waals surface area contributed by atoms with Crippen LogP contribution in [0.15, 0.2) is 24.3 Å². The second-order valence-electron chi connectivity index (χ2n) is 6.66. The van der Waals surface area contributed by atoms with Crippen molar-refractivity contribution in [3.8, 4) is 0 Å². The van der Waals surface area contributed by atoms with Crippen molar-refractivity contribution in [3.05, 3.63) is 34.3 Å². The van der Waals surface area contributed by atoms with Gasteiger partial charge < -0.3 is 10.1 Å². The van der Waals surface area contributed by atoms with E-state index in [2.05, 4.69) is 10.3 Å². The molecule has 5 rings (SSSR count). The van der Waals surface area contributed by atoms with Gasteiger partial charge in [0.25, 0.3) is 0 Å². The van der Waals surface area contributed by atoms with Crippen LogP contribution in [0.3, 0.4) is 0 Å². The normalized spacial score (nSPS) is 33.7. The number of ether oxygens (including phenoxy) is 1. The van der Waals surface area contributed by atoms with E-state index in [0.717, 1.165) is 11.8 Å². The van der Waals surface area contributed by atoms with E-state index in [0.29, 0.717) is 39.3 Å². The Labute approximate surface area is 143 Å². The van der Waals surface area contributed by atoms with E-state index < -0.39 is 0 Å². The van der Waals surface area contributed by atoms with Crippen LogP contribution in [0.4, 0.5) is 5.82 Å². The lowest BCUT2D eigenvalue weighted by Crippen LogP contribution is -2.32. The number of benzene rings is 1. The first-order valence-corrected chi connectivity index (χ1v) is 8.58. The average Bonchev–Trinajstić information content (AvgIpc) is 3.15. The molecule has 4 nitrogen and oxygen atoms in total. The van der Waals surface area contributed by atoms with Crippen LogP contribution in [-0.2, 0) is 9.53 Å². The zero-order valence-corrected chi connectivity index (χ0v) is 13.6. The third-order valence-corrected chi connectivity index (χ3v) is 6.14. The molecule has 3 aliphatic rings. The van der Waals surface area contributed by atoms with Gasteiger partial charge in [-0.1, -0.05) is 29.3 Å². The van der Waals surface area contributed by atoms with Crippen molar-refractivity contribution in [2.75, 3.05) is 5.32 Å². The zero-order chi connectivity index (χ0) is 15.7. The van der Waals surface area contributed by atoms with E-state index in [-0.39, 0.29) is 17.9 Å². The van der Waals surface area contributed by atoms with E-state index >= 15 is 0 Å². The summed E-state index contributed by atoms with van der Waals surface area (Å²) in [5.41, 5.74) is 0.600. The van der Waals surface area contributed by atoms with Crippen LogP contribution in [0.25, 0.3) is 10.9 Å². The van der Waals surface area contributed by atoms with Gasteiger partial charge in [-0.05, 0) is 42.9 Å². The third kappa shape index (κ3) is 2.09. The number of aromatic nitrogens is 1. The van der Waals surface area contributed by atoms with Crippen LogP contribution in [0, 0.1) is 17.8 Å². The lowest BCUT2D eigenvalue weighted by atomic mass is 9.88. The first kappa shape index (κ1) is 14.0. The van der Waals surface area contributed by atoms with E-state index in [1.807, 2.05) is 12.1 Å². The van der Waals surface area contributed by atoms with Gasteiger partial charge in [-0.15, -0.1) is 0 Å². The van der Waals surface area contributed by atoms with Gasteiger partial charge >= 0.3 is 0 Å². The van der Waals surface area contributed by atoms with E-state index in [1.54, 1.807) is 12.1 Å². The first-order chi connectivity index (χ1) is 11.1. The molecule has 3 heterocycles. The van der Waals surface area contributed by atoms with E-state index in [4.69, 9.17) is 27.9 Å². The van der Waals surface area contributed by atoms with Crippen LogP contribution in [0.1, 0.15) is 12.8 Å². The van der Waals surface area contributed by atoms with Crippen LogP contribution >= 0.6 is 23.2 Å². The molecule has 0 radical (unpaired) electrons. The molecular formula is C17H14Cl2N2O2. The quantitative estimate of drug-likeness (QED) is 0.895. The number of halogens is 2. The Morgan fingerprint density at radius 2 is 2.00 bits per heavy atom.